The van der Waals surface area contributed by atoms with Crippen LogP contribution in [0.3, 0.4) is 0 Å². The van der Waals surface area contributed by atoms with Crippen molar-refractivity contribution in [2.75, 3.05) is 11.4 Å². The fourth-order valence-corrected chi connectivity index (χ4v) is 2.24. The summed E-state index contributed by atoms with van der Waals surface area (Å²) in [5, 5.41) is 3.66. The average Bonchev–Trinajstić information content (AvgIpc) is 2.52. The van der Waals surface area contributed by atoms with Crippen molar-refractivity contribution in [3.63, 3.8) is 0 Å². The van der Waals surface area contributed by atoms with E-state index < -0.39 is 0 Å². The van der Waals surface area contributed by atoms with E-state index in [1.54, 1.807) is 17.5 Å². The highest BCUT2D eigenvalue weighted by Gasteiger charge is 2.17. The highest BCUT2D eigenvalue weighted by Crippen LogP contribution is 2.37. The summed E-state index contributed by atoms with van der Waals surface area (Å²) < 4.78 is 0. The number of nitrogens with zero attached hydrogens (tertiary/aromatic N) is 2. The number of hydrogen-bond donors (Lipinski definition) is 1. The number of nitrogens with two attached hydrogens (primary N) is 1. The van der Waals surface area contributed by atoms with Gasteiger partial charge in [-0.2, -0.15) is 0 Å². The van der Waals surface area contributed by atoms with Crippen LogP contribution in [-0.2, 0) is 0 Å². The van der Waals surface area contributed by atoms with Crippen molar-refractivity contribution in [3.05, 3.63) is 23.8 Å². The summed E-state index contributed by atoms with van der Waals surface area (Å²) in [4.78, 5) is 6.20. The third kappa shape index (κ3) is 1.55. The van der Waals surface area contributed by atoms with Gasteiger partial charge in [-0.1, -0.05) is 11.6 Å². The summed E-state index contributed by atoms with van der Waals surface area (Å²) in [6, 6.07) is 1.94. The molecule has 1 aliphatic heterocycles. The van der Waals surface area contributed by atoms with E-state index in [-0.39, 0.29) is 0 Å². The largest absolute Gasteiger partial charge is 0.403 e. The lowest BCUT2D eigenvalue weighted by atomic mass is 10.4. The molecule has 0 bridgehead atoms. The highest BCUT2D eigenvalue weighted by molar-refractivity contribution is 7.15. The quantitative estimate of drug-likeness (QED) is 0.778. The molecule has 0 saturated carbocycles. The van der Waals surface area contributed by atoms with E-state index >= 15 is 0 Å². The van der Waals surface area contributed by atoms with Gasteiger partial charge in [-0.25, -0.2) is 4.99 Å². The average molecular weight is 214 g/mol. The molecule has 2 rings (SSSR count). The molecule has 0 spiro atoms. The molecule has 1 aromatic rings. The lowest BCUT2D eigenvalue weighted by molar-refractivity contribution is 1.12. The molecule has 0 aliphatic carbocycles. The maximum atomic E-state index is 5.87. The fraction of sp³-hybridized carbons (Fsp3) is 0.125. The highest BCUT2D eigenvalue weighted by atomic mass is 35.5. The van der Waals surface area contributed by atoms with Gasteiger partial charge >= 0.3 is 0 Å². The van der Waals surface area contributed by atoms with Gasteiger partial charge in [-0.15, -0.1) is 11.3 Å². The second-order valence-corrected chi connectivity index (χ2v) is 3.90. The lowest BCUT2D eigenvalue weighted by Crippen LogP contribution is -2.23. The summed E-state index contributed by atoms with van der Waals surface area (Å²) >= 11 is 7.50. The van der Waals surface area contributed by atoms with Crippen LogP contribution in [-0.4, -0.2) is 11.7 Å². The standard InChI is InChI=1S/C8H8ClN3S/c9-7-5-12(3-2-10)8-6(11-7)1-4-13-8/h1-4H,5,10H2/b3-2-. The van der Waals surface area contributed by atoms with Gasteiger partial charge in [0.2, 0.25) is 0 Å². The van der Waals surface area contributed by atoms with E-state index in [4.69, 9.17) is 17.3 Å². The Bertz CT molecular complexity index is 369. The van der Waals surface area contributed by atoms with E-state index in [1.807, 2.05) is 16.3 Å². The van der Waals surface area contributed by atoms with Crippen LogP contribution >= 0.6 is 22.9 Å². The maximum Gasteiger partial charge on any atom is 0.126 e. The molecule has 68 valence electrons. The van der Waals surface area contributed by atoms with Gasteiger partial charge in [0.25, 0.3) is 0 Å². The number of fused-ring (bicyclic) bond motifs is 1. The molecule has 13 heavy (non-hydrogen) atoms. The van der Waals surface area contributed by atoms with Gasteiger partial charge < -0.3 is 10.6 Å². The molecule has 0 radical (unpaired) electrons. The Kier molecular flexibility index (Phi) is 2.24. The van der Waals surface area contributed by atoms with Crippen LogP contribution in [0.1, 0.15) is 0 Å². The van der Waals surface area contributed by atoms with Crippen molar-refractivity contribution < 1.29 is 0 Å². The number of rotatable bonds is 1. The minimum atomic E-state index is 0.587. The predicted molar refractivity (Wildman–Crippen MR) is 57.9 cm³/mol. The summed E-state index contributed by atoms with van der Waals surface area (Å²) in [5.74, 6) is 0. The molecule has 0 amide bonds. The number of hydrogen-bond acceptors (Lipinski definition) is 4. The van der Waals surface area contributed by atoms with Gasteiger partial charge in [0.15, 0.2) is 0 Å². The van der Waals surface area contributed by atoms with Gasteiger partial charge in [0.1, 0.15) is 10.2 Å². The lowest BCUT2D eigenvalue weighted by Gasteiger charge is -2.21. The van der Waals surface area contributed by atoms with Crippen LogP contribution < -0.4 is 10.6 Å². The zero-order valence-corrected chi connectivity index (χ0v) is 8.35. The molecule has 3 nitrogen and oxygen atoms in total. The summed E-state index contributed by atoms with van der Waals surface area (Å²) in [6.07, 6.45) is 3.30. The SMILES string of the molecule is N/C=C\N1CC(Cl)=Nc2ccsc21. The second-order valence-electron chi connectivity index (χ2n) is 2.57. The first-order valence-electron chi connectivity index (χ1n) is 3.77. The summed E-state index contributed by atoms with van der Waals surface area (Å²) in [6.45, 7) is 0.600. The Morgan fingerprint density at radius 3 is 3.31 bits per heavy atom. The maximum absolute atomic E-state index is 5.87. The third-order valence-electron chi connectivity index (χ3n) is 1.69. The number of anilines is 1. The first kappa shape index (κ1) is 8.59. The van der Waals surface area contributed by atoms with Gasteiger partial charge in [0, 0.05) is 12.4 Å². The zero-order chi connectivity index (χ0) is 9.26. The molecule has 5 heteroatoms. The van der Waals surface area contributed by atoms with Crippen molar-refractivity contribution in [1.82, 2.24) is 0 Å². The monoisotopic (exact) mass is 213 g/mol. The smallest absolute Gasteiger partial charge is 0.126 e. The first-order valence-corrected chi connectivity index (χ1v) is 5.02. The topological polar surface area (TPSA) is 41.6 Å². The second kappa shape index (κ2) is 3.40. The zero-order valence-electron chi connectivity index (χ0n) is 6.77. The molecule has 2 N–H and O–H groups in total. The van der Waals surface area contributed by atoms with Crippen LogP contribution in [0.4, 0.5) is 10.7 Å². The normalized spacial score (nSPS) is 16.1. The van der Waals surface area contributed by atoms with Gasteiger partial charge in [0.05, 0.1) is 12.2 Å². The molecule has 1 aromatic heterocycles. The number of aliphatic imine (C=N–C) groups is 1. The third-order valence-corrected chi connectivity index (χ3v) is 2.84. The van der Waals surface area contributed by atoms with Crippen LogP contribution in [0.25, 0.3) is 0 Å². The number of halogens is 1. The van der Waals surface area contributed by atoms with Crippen LogP contribution in [0.5, 0.6) is 0 Å². The molecule has 1 aliphatic rings. The van der Waals surface area contributed by atoms with E-state index in [2.05, 4.69) is 4.99 Å². The van der Waals surface area contributed by atoms with Gasteiger partial charge in [-0.05, 0) is 11.4 Å². The van der Waals surface area contributed by atoms with Crippen molar-refractivity contribution >= 4 is 38.8 Å². The van der Waals surface area contributed by atoms with E-state index in [1.165, 1.54) is 6.20 Å². The van der Waals surface area contributed by atoms with Crippen molar-refractivity contribution in [2.45, 2.75) is 0 Å². The van der Waals surface area contributed by atoms with Crippen LogP contribution in [0.2, 0.25) is 0 Å². The Balaban J connectivity index is 2.42. The van der Waals surface area contributed by atoms with E-state index in [0.717, 1.165) is 10.7 Å². The minimum absolute atomic E-state index is 0.587. The molecular weight excluding hydrogens is 206 g/mol. The van der Waals surface area contributed by atoms with E-state index in [9.17, 15) is 0 Å². The van der Waals surface area contributed by atoms with Gasteiger partial charge in [-0.3, -0.25) is 0 Å². The summed E-state index contributed by atoms with van der Waals surface area (Å²) in [7, 11) is 0. The Hall–Kier alpha value is -1.000. The van der Waals surface area contributed by atoms with Crippen molar-refractivity contribution in [2.24, 2.45) is 10.7 Å². The van der Waals surface area contributed by atoms with Crippen molar-refractivity contribution in [1.29, 1.82) is 0 Å². The minimum Gasteiger partial charge on any atom is -0.403 e. The molecule has 0 fully saturated rings. The fourth-order valence-electron chi connectivity index (χ4n) is 1.20. The first-order chi connectivity index (χ1) is 6.31. The Morgan fingerprint density at radius 1 is 1.69 bits per heavy atom. The van der Waals surface area contributed by atoms with Crippen molar-refractivity contribution in [3.8, 4) is 0 Å². The Labute approximate surface area is 85.1 Å². The van der Waals surface area contributed by atoms with Crippen LogP contribution in [0.15, 0.2) is 28.8 Å². The Morgan fingerprint density at radius 2 is 2.54 bits per heavy atom. The summed E-state index contributed by atoms with van der Waals surface area (Å²) in [5.41, 5.74) is 6.25. The molecule has 0 saturated heterocycles. The van der Waals surface area contributed by atoms with Crippen LogP contribution in [0, 0.1) is 0 Å². The molecule has 0 atom stereocenters. The molecule has 0 unspecified atom stereocenters. The molecule has 0 aromatic carbocycles. The molecular formula is C8H8ClN3S. The number of thiophene rings is 1. The van der Waals surface area contributed by atoms with E-state index in [0.29, 0.717) is 11.7 Å². The molecule has 2 heterocycles. The predicted octanol–water partition coefficient (Wildman–Crippen LogP) is 2.27.